The van der Waals surface area contributed by atoms with Gasteiger partial charge in [-0.2, -0.15) is 0 Å². The quantitative estimate of drug-likeness (QED) is 0.807. The van der Waals surface area contributed by atoms with Gasteiger partial charge in [0.15, 0.2) is 0 Å². The van der Waals surface area contributed by atoms with Gasteiger partial charge in [0.2, 0.25) is 0 Å². The van der Waals surface area contributed by atoms with Gasteiger partial charge in [0.05, 0.1) is 18.8 Å². The zero-order valence-corrected chi connectivity index (χ0v) is 16.1. The van der Waals surface area contributed by atoms with Crippen LogP contribution in [-0.4, -0.2) is 46.2 Å². The van der Waals surface area contributed by atoms with Crippen LogP contribution in [0.2, 0.25) is 0 Å². The summed E-state index contributed by atoms with van der Waals surface area (Å²) in [6.07, 6.45) is 9.85. The summed E-state index contributed by atoms with van der Waals surface area (Å²) in [6, 6.07) is -0.281. The number of hydrogen-bond acceptors (Lipinski definition) is 4. The van der Waals surface area contributed by atoms with Gasteiger partial charge in [-0.15, -0.1) is 0 Å². The van der Waals surface area contributed by atoms with Crippen LogP contribution >= 0.6 is 0 Å². The first kappa shape index (κ1) is 19.0. The average molecular weight is 354 g/mol. The molecular formula is C20H35NO4. The van der Waals surface area contributed by atoms with E-state index in [2.05, 4.69) is 0 Å². The number of aliphatic hydroxyl groups excluding tert-OH is 1. The standard InChI is InChI=1S/C20H35NO4/c1-19(2,3)25-18(23)21-16(17(22)15-10-6-4-7-11-15)14-24-20(21)12-8-5-9-13-20/h15-17,22H,4-14H2,1-3H3/t16-,17-/m1/s1. The summed E-state index contributed by atoms with van der Waals surface area (Å²) in [4.78, 5) is 14.8. The zero-order valence-electron chi connectivity index (χ0n) is 16.1. The second-order valence-electron chi connectivity index (χ2n) is 9.12. The van der Waals surface area contributed by atoms with Gasteiger partial charge >= 0.3 is 6.09 Å². The van der Waals surface area contributed by atoms with Crippen molar-refractivity contribution in [3.8, 4) is 0 Å². The maximum absolute atomic E-state index is 13.0. The third-order valence-corrected chi connectivity index (χ3v) is 6.05. The predicted octanol–water partition coefficient (Wildman–Crippen LogP) is 4.22. The largest absolute Gasteiger partial charge is 0.444 e. The predicted molar refractivity (Wildman–Crippen MR) is 96.2 cm³/mol. The third kappa shape index (κ3) is 4.13. The van der Waals surface area contributed by atoms with Crippen molar-refractivity contribution in [2.45, 2.75) is 108 Å². The summed E-state index contributed by atoms with van der Waals surface area (Å²) in [5.74, 6) is 0.269. The molecule has 0 radical (unpaired) electrons. The van der Waals surface area contributed by atoms with Gasteiger partial charge < -0.3 is 14.6 Å². The van der Waals surface area contributed by atoms with E-state index in [0.29, 0.717) is 6.61 Å². The second kappa shape index (κ2) is 7.43. The molecule has 0 aromatic rings. The van der Waals surface area contributed by atoms with Gasteiger partial charge in [0.1, 0.15) is 11.3 Å². The average Bonchev–Trinajstić information content (AvgIpc) is 2.93. The molecule has 2 aliphatic carbocycles. The van der Waals surface area contributed by atoms with Crippen LogP contribution in [0.4, 0.5) is 4.79 Å². The minimum atomic E-state index is -0.569. The van der Waals surface area contributed by atoms with E-state index in [4.69, 9.17) is 9.47 Å². The van der Waals surface area contributed by atoms with Crippen LogP contribution in [0.3, 0.4) is 0 Å². The Morgan fingerprint density at radius 1 is 1.12 bits per heavy atom. The molecular weight excluding hydrogens is 318 g/mol. The lowest BCUT2D eigenvalue weighted by atomic mass is 9.82. The molecule has 5 nitrogen and oxygen atoms in total. The molecule has 1 N–H and O–H groups in total. The molecule has 0 aromatic carbocycles. The Labute approximate surface area is 152 Å². The van der Waals surface area contributed by atoms with Gasteiger partial charge in [-0.05, 0) is 65.2 Å². The van der Waals surface area contributed by atoms with Crippen LogP contribution in [0.1, 0.15) is 85.0 Å². The van der Waals surface area contributed by atoms with Gasteiger partial charge in [-0.3, -0.25) is 4.90 Å². The molecule has 0 unspecified atom stereocenters. The highest BCUT2D eigenvalue weighted by Crippen LogP contribution is 2.43. The van der Waals surface area contributed by atoms with E-state index < -0.39 is 17.4 Å². The first-order chi connectivity index (χ1) is 11.8. The van der Waals surface area contributed by atoms with Crippen molar-refractivity contribution in [2.75, 3.05) is 6.61 Å². The van der Waals surface area contributed by atoms with E-state index in [-0.39, 0.29) is 18.1 Å². The zero-order chi connectivity index (χ0) is 18.1. The molecule has 0 bridgehead atoms. The number of aliphatic hydroxyl groups is 1. The summed E-state index contributed by atoms with van der Waals surface area (Å²) in [6.45, 7) is 6.10. The lowest BCUT2D eigenvalue weighted by molar-refractivity contribution is -0.113. The molecule has 2 atom stereocenters. The SMILES string of the molecule is CC(C)(C)OC(=O)N1[C@@H]([C@H](O)C2CCCCC2)COC12CCCCC2. The van der Waals surface area contributed by atoms with E-state index >= 15 is 0 Å². The topological polar surface area (TPSA) is 59.0 Å². The van der Waals surface area contributed by atoms with E-state index in [9.17, 15) is 9.90 Å². The lowest BCUT2D eigenvalue weighted by Crippen LogP contribution is -2.57. The maximum atomic E-state index is 13.0. The van der Waals surface area contributed by atoms with E-state index in [1.165, 1.54) is 25.7 Å². The normalized spacial score (nSPS) is 29.0. The lowest BCUT2D eigenvalue weighted by Gasteiger charge is -2.43. The van der Waals surface area contributed by atoms with E-state index in [0.717, 1.165) is 38.5 Å². The first-order valence-corrected chi connectivity index (χ1v) is 10.2. The molecule has 25 heavy (non-hydrogen) atoms. The Bertz CT molecular complexity index is 461. The molecule has 1 spiro atoms. The molecule has 1 saturated heterocycles. The molecule has 1 heterocycles. The number of carbonyl (C=O) groups excluding carboxylic acids is 1. The maximum Gasteiger partial charge on any atom is 0.413 e. The van der Waals surface area contributed by atoms with Crippen LogP contribution in [-0.2, 0) is 9.47 Å². The number of hydrogen-bond donors (Lipinski definition) is 1. The van der Waals surface area contributed by atoms with Crippen molar-refractivity contribution < 1.29 is 19.4 Å². The Balaban J connectivity index is 1.81. The fourth-order valence-corrected chi connectivity index (χ4v) is 4.83. The van der Waals surface area contributed by atoms with E-state index in [1.807, 2.05) is 20.8 Å². The fourth-order valence-electron chi connectivity index (χ4n) is 4.83. The molecule has 5 heteroatoms. The minimum absolute atomic E-state index is 0.269. The Morgan fingerprint density at radius 3 is 2.32 bits per heavy atom. The number of carbonyl (C=O) groups is 1. The highest BCUT2D eigenvalue weighted by molar-refractivity contribution is 5.70. The third-order valence-electron chi connectivity index (χ3n) is 6.05. The smallest absolute Gasteiger partial charge is 0.413 e. The van der Waals surface area contributed by atoms with Crippen LogP contribution in [0.15, 0.2) is 0 Å². The Morgan fingerprint density at radius 2 is 1.72 bits per heavy atom. The number of rotatable bonds is 2. The highest BCUT2D eigenvalue weighted by Gasteiger charge is 2.54. The van der Waals surface area contributed by atoms with Crippen LogP contribution < -0.4 is 0 Å². The number of amides is 1. The minimum Gasteiger partial charge on any atom is -0.444 e. The summed E-state index contributed by atoms with van der Waals surface area (Å²) in [7, 11) is 0. The van der Waals surface area contributed by atoms with Crippen molar-refractivity contribution in [3.63, 3.8) is 0 Å². The summed E-state index contributed by atoms with van der Waals surface area (Å²) in [5, 5.41) is 11.1. The van der Waals surface area contributed by atoms with Crippen LogP contribution in [0.25, 0.3) is 0 Å². The summed E-state index contributed by atoms with van der Waals surface area (Å²) < 4.78 is 11.9. The molecule has 144 valence electrons. The van der Waals surface area contributed by atoms with Crippen molar-refractivity contribution >= 4 is 6.09 Å². The summed E-state index contributed by atoms with van der Waals surface area (Å²) >= 11 is 0. The van der Waals surface area contributed by atoms with Gasteiger partial charge in [0.25, 0.3) is 0 Å². The van der Waals surface area contributed by atoms with Crippen molar-refractivity contribution in [1.29, 1.82) is 0 Å². The molecule has 2 saturated carbocycles. The molecule has 3 aliphatic rings. The van der Waals surface area contributed by atoms with Crippen molar-refractivity contribution in [1.82, 2.24) is 4.90 Å². The van der Waals surface area contributed by atoms with Gasteiger partial charge in [-0.1, -0.05) is 25.7 Å². The highest BCUT2D eigenvalue weighted by atomic mass is 16.6. The van der Waals surface area contributed by atoms with Gasteiger partial charge in [-0.25, -0.2) is 4.79 Å². The molecule has 3 rings (SSSR count). The molecule has 3 fully saturated rings. The second-order valence-corrected chi connectivity index (χ2v) is 9.12. The molecule has 1 amide bonds. The first-order valence-electron chi connectivity index (χ1n) is 10.2. The van der Waals surface area contributed by atoms with Gasteiger partial charge in [0, 0.05) is 0 Å². The molecule has 0 aromatic heterocycles. The summed E-state index contributed by atoms with van der Waals surface area (Å²) in [5.41, 5.74) is -1.11. The van der Waals surface area contributed by atoms with Crippen LogP contribution in [0, 0.1) is 5.92 Å². The van der Waals surface area contributed by atoms with Crippen molar-refractivity contribution in [2.24, 2.45) is 5.92 Å². The Hall–Kier alpha value is -0.810. The monoisotopic (exact) mass is 353 g/mol. The number of nitrogens with zero attached hydrogens (tertiary/aromatic N) is 1. The Kier molecular flexibility index (Phi) is 5.64. The molecule has 1 aliphatic heterocycles. The number of ether oxygens (including phenoxy) is 2. The van der Waals surface area contributed by atoms with Crippen LogP contribution in [0.5, 0.6) is 0 Å². The van der Waals surface area contributed by atoms with Crippen molar-refractivity contribution in [3.05, 3.63) is 0 Å². The van der Waals surface area contributed by atoms with E-state index in [1.54, 1.807) is 4.90 Å². The fraction of sp³-hybridized carbons (Fsp3) is 0.950.